The van der Waals surface area contributed by atoms with E-state index in [1.165, 1.54) is 49.9 Å². The molecule has 0 saturated carbocycles. The van der Waals surface area contributed by atoms with Gasteiger partial charge in [-0.25, -0.2) is 4.98 Å². The summed E-state index contributed by atoms with van der Waals surface area (Å²) in [7, 11) is 0. The molecule has 50 heavy (non-hydrogen) atoms. The maximum absolute atomic E-state index is 4.99. The van der Waals surface area contributed by atoms with Crippen LogP contribution in [0.5, 0.6) is 0 Å². The summed E-state index contributed by atoms with van der Waals surface area (Å²) in [5.41, 5.74) is 14.7. The molecular weight excluding hydrogens is 611 g/mol. The lowest BCUT2D eigenvalue weighted by Gasteiger charge is -2.19. The van der Waals surface area contributed by atoms with Crippen molar-refractivity contribution < 1.29 is 0 Å². The molecule has 0 atom stereocenters. The number of pyridine rings is 3. The average Bonchev–Trinajstić information content (AvgIpc) is 3.71. The van der Waals surface area contributed by atoms with E-state index in [2.05, 4.69) is 124 Å². The Balaban J connectivity index is 1.19. The Kier molecular flexibility index (Phi) is 6.56. The van der Waals surface area contributed by atoms with E-state index in [0.29, 0.717) is 0 Å². The van der Waals surface area contributed by atoms with Crippen molar-refractivity contribution in [3.05, 3.63) is 175 Å². The van der Waals surface area contributed by atoms with Gasteiger partial charge in [-0.1, -0.05) is 60.7 Å². The fraction of sp³-hybridized carbons (Fsp3) is 0.0444. The molecule has 0 radical (unpaired) electrons. The van der Waals surface area contributed by atoms with Crippen LogP contribution in [0.4, 0.5) is 0 Å². The van der Waals surface area contributed by atoms with Crippen LogP contribution in [0.25, 0.3) is 78.4 Å². The van der Waals surface area contributed by atoms with Gasteiger partial charge < -0.3 is 4.57 Å². The molecule has 0 saturated heterocycles. The van der Waals surface area contributed by atoms with Gasteiger partial charge in [-0.15, -0.1) is 0 Å². The monoisotopic (exact) mass is 641 g/mol. The summed E-state index contributed by atoms with van der Waals surface area (Å²) in [6.07, 6.45) is 9.82. The number of hydrogen-bond acceptors (Lipinski definition) is 3. The summed E-state index contributed by atoms with van der Waals surface area (Å²) >= 11 is 0. The molecule has 5 heterocycles. The Morgan fingerprint density at radius 1 is 0.480 bits per heavy atom. The highest BCUT2D eigenvalue weighted by atomic mass is 15.1. The van der Waals surface area contributed by atoms with Gasteiger partial charge in [0.1, 0.15) is 5.65 Å². The molecule has 5 heteroatoms. The van der Waals surface area contributed by atoms with E-state index in [0.717, 1.165) is 52.1 Å². The second-order valence-corrected chi connectivity index (χ2v) is 12.8. The molecule has 0 unspecified atom stereocenters. The molecule has 5 nitrogen and oxygen atoms in total. The topological polar surface area (TPSA) is 48.5 Å². The lowest BCUT2D eigenvalue weighted by molar-refractivity contribution is 0.892. The van der Waals surface area contributed by atoms with Crippen molar-refractivity contribution in [1.29, 1.82) is 0 Å². The van der Waals surface area contributed by atoms with E-state index in [-0.39, 0.29) is 0 Å². The number of nitrogens with zero attached hydrogens (tertiary/aromatic N) is 5. The van der Waals surface area contributed by atoms with Crippen LogP contribution in [0.3, 0.4) is 0 Å². The van der Waals surface area contributed by atoms with Gasteiger partial charge in [0.2, 0.25) is 0 Å². The van der Waals surface area contributed by atoms with E-state index in [1.807, 2.05) is 48.9 Å². The summed E-state index contributed by atoms with van der Waals surface area (Å²) in [5.74, 6) is 0. The van der Waals surface area contributed by atoms with Gasteiger partial charge in [-0.3, -0.25) is 14.5 Å². The summed E-state index contributed by atoms with van der Waals surface area (Å²) < 4.78 is 4.76. The Morgan fingerprint density at radius 2 is 1.16 bits per heavy atom. The van der Waals surface area contributed by atoms with Crippen molar-refractivity contribution in [2.24, 2.45) is 0 Å². The first-order chi connectivity index (χ1) is 24.8. The Bertz CT molecular complexity index is 2680. The number of para-hydroxylation sites is 2. The smallest absolute Gasteiger partial charge is 0.145 e. The van der Waals surface area contributed by atoms with Gasteiger partial charge in [-0.05, 0) is 109 Å². The summed E-state index contributed by atoms with van der Waals surface area (Å²) in [4.78, 5) is 14.4. The maximum atomic E-state index is 4.99. The van der Waals surface area contributed by atoms with Crippen LogP contribution in [0.1, 0.15) is 23.2 Å². The van der Waals surface area contributed by atoms with E-state index in [4.69, 9.17) is 15.0 Å². The van der Waals surface area contributed by atoms with Crippen molar-refractivity contribution in [1.82, 2.24) is 24.1 Å². The van der Waals surface area contributed by atoms with Crippen molar-refractivity contribution >= 4 is 44.5 Å². The molecule has 236 valence electrons. The molecule has 0 amide bonds. The first kappa shape index (κ1) is 28.4. The molecular formula is C45H31N5. The second-order valence-electron chi connectivity index (χ2n) is 12.8. The quantitative estimate of drug-likeness (QED) is 0.188. The largest absolute Gasteiger partial charge is 0.309 e. The molecule has 0 N–H and O–H groups in total. The van der Waals surface area contributed by atoms with Crippen LogP contribution >= 0.6 is 0 Å². The number of rotatable bonds is 5. The van der Waals surface area contributed by atoms with E-state index < -0.39 is 0 Å². The van der Waals surface area contributed by atoms with E-state index in [1.54, 1.807) is 0 Å². The number of fused-ring (bicyclic) bond motifs is 6. The van der Waals surface area contributed by atoms with Gasteiger partial charge >= 0.3 is 0 Å². The third kappa shape index (κ3) is 4.51. The second kappa shape index (κ2) is 11.5. The predicted molar refractivity (Wildman–Crippen MR) is 205 cm³/mol. The van der Waals surface area contributed by atoms with Gasteiger partial charge in [0.05, 0.1) is 22.4 Å². The maximum Gasteiger partial charge on any atom is 0.145 e. The van der Waals surface area contributed by atoms with Crippen LogP contribution in [0, 0.1) is 0 Å². The molecule has 1 aliphatic carbocycles. The molecule has 9 aromatic rings. The SMILES string of the molecule is C1=C(c2cccc3c2c2ccccc2n3-c2ccccc2)CCc2c1c1cccnc1n2-c1cc(-c2ccccn2)cc(-c2ccccn2)c1. The zero-order valence-corrected chi connectivity index (χ0v) is 27.2. The van der Waals surface area contributed by atoms with Gasteiger partial charge in [-0.2, -0.15) is 0 Å². The number of benzene rings is 4. The first-order valence-electron chi connectivity index (χ1n) is 17.1. The first-order valence-corrected chi connectivity index (χ1v) is 17.1. The highest BCUT2D eigenvalue weighted by Crippen LogP contribution is 2.43. The Morgan fingerprint density at radius 3 is 1.92 bits per heavy atom. The van der Waals surface area contributed by atoms with Crippen LogP contribution in [0.15, 0.2) is 158 Å². The molecule has 0 spiro atoms. The van der Waals surface area contributed by atoms with Gasteiger partial charge in [0, 0.05) is 68.5 Å². The average molecular weight is 642 g/mol. The van der Waals surface area contributed by atoms with Crippen LogP contribution < -0.4 is 0 Å². The zero-order chi connectivity index (χ0) is 33.0. The highest BCUT2D eigenvalue weighted by Gasteiger charge is 2.25. The molecule has 0 fully saturated rings. The molecule has 0 bridgehead atoms. The molecule has 10 rings (SSSR count). The predicted octanol–water partition coefficient (Wildman–Crippen LogP) is 10.7. The lowest BCUT2D eigenvalue weighted by Crippen LogP contribution is -2.06. The number of allylic oxidation sites excluding steroid dienone is 1. The normalized spacial score (nSPS) is 12.8. The Labute approximate surface area is 289 Å². The van der Waals surface area contributed by atoms with Crippen molar-refractivity contribution in [3.8, 4) is 33.9 Å². The van der Waals surface area contributed by atoms with Gasteiger partial charge in [0.15, 0.2) is 0 Å². The third-order valence-corrected chi connectivity index (χ3v) is 9.97. The zero-order valence-electron chi connectivity index (χ0n) is 27.2. The van der Waals surface area contributed by atoms with Gasteiger partial charge in [0.25, 0.3) is 0 Å². The van der Waals surface area contributed by atoms with E-state index in [9.17, 15) is 0 Å². The third-order valence-electron chi connectivity index (χ3n) is 9.97. The fourth-order valence-electron chi connectivity index (χ4n) is 7.83. The van der Waals surface area contributed by atoms with E-state index >= 15 is 0 Å². The number of hydrogen-bond donors (Lipinski definition) is 0. The van der Waals surface area contributed by atoms with Crippen LogP contribution in [0.2, 0.25) is 0 Å². The summed E-state index contributed by atoms with van der Waals surface area (Å²) in [5, 5.41) is 3.72. The van der Waals surface area contributed by atoms with Crippen LogP contribution in [-0.4, -0.2) is 24.1 Å². The van der Waals surface area contributed by atoms with Crippen molar-refractivity contribution in [3.63, 3.8) is 0 Å². The lowest BCUT2D eigenvalue weighted by atomic mass is 9.89. The summed E-state index contributed by atoms with van der Waals surface area (Å²) in [6.45, 7) is 0. The van der Waals surface area contributed by atoms with Crippen molar-refractivity contribution in [2.45, 2.75) is 12.8 Å². The fourth-order valence-corrected chi connectivity index (χ4v) is 7.83. The Hall–Kier alpha value is -6.59. The standard InChI is InChI=1S/C45H31N5/c1-2-12-33(13-3-1)49-41-19-5-4-14-37(41)44-35(15-10-20-43(44)49)30-21-22-42-38(29-30)36-16-11-25-48-45(36)50(42)34-27-31(39-17-6-8-23-46-39)26-32(28-34)40-18-7-9-24-47-40/h1-20,23-29H,21-22H2. The summed E-state index contributed by atoms with van der Waals surface area (Å²) in [6, 6.07) is 49.2. The highest BCUT2D eigenvalue weighted by molar-refractivity contribution is 6.15. The minimum atomic E-state index is 0.887. The van der Waals surface area contributed by atoms with Crippen LogP contribution in [-0.2, 0) is 6.42 Å². The minimum Gasteiger partial charge on any atom is -0.309 e. The minimum absolute atomic E-state index is 0.887. The molecule has 1 aliphatic rings. The van der Waals surface area contributed by atoms with Crippen molar-refractivity contribution in [2.75, 3.05) is 0 Å². The molecule has 4 aromatic carbocycles. The number of aromatic nitrogens is 5. The molecule has 0 aliphatic heterocycles. The molecule has 5 aromatic heterocycles.